The second-order valence-corrected chi connectivity index (χ2v) is 14.8. The molecule has 2 saturated carbocycles. The van der Waals surface area contributed by atoms with Crippen LogP contribution in [0.1, 0.15) is 108 Å². The van der Waals surface area contributed by atoms with Gasteiger partial charge in [-0.15, -0.1) is 0 Å². The highest BCUT2D eigenvalue weighted by molar-refractivity contribution is 5.97. The zero-order chi connectivity index (χ0) is 31.0. The maximum absolute atomic E-state index is 14.0. The van der Waals surface area contributed by atoms with Crippen molar-refractivity contribution in [1.82, 2.24) is 4.90 Å². The monoisotopic (exact) mass is 609 g/mol. The number of rotatable bonds is 13. The van der Waals surface area contributed by atoms with Crippen LogP contribution < -0.4 is 0 Å². The molecule has 4 fully saturated rings. The summed E-state index contributed by atoms with van der Waals surface area (Å²) in [6.07, 6.45) is 9.83. The SMILES string of the molecule is CC[C@H]1C[C@H]2C[C@H]3C4=C(CCN(C2)C13)c1cc(O)ccc1C4C(=O)CCCCCCCCOC1C[C@H](CO)[C@@H](C)[C@H](O)[C@H]1O. The Bertz CT molecular complexity index is 1200. The van der Waals surface area contributed by atoms with Crippen LogP contribution in [0.4, 0.5) is 0 Å². The van der Waals surface area contributed by atoms with E-state index in [1.54, 1.807) is 6.07 Å². The van der Waals surface area contributed by atoms with Crippen molar-refractivity contribution in [3.63, 3.8) is 0 Å². The summed E-state index contributed by atoms with van der Waals surface area (Å²) in [5, 5.41) is 40.7. The highest BCUT2D eigenvalue weighted by atomic mass is 16.5. The Labute approximate surface area is 263 Å². The van der Waals surface area contributed by atoms with Crippen molar-refractivity contribution in [2.24, 2.45) is 29.6 Å². The lowest BCUT2D eigenvalue weighted by Gasteiger charge is -2.54. The van der Waals surface area contributed by atoms with Crippen LogP contribution in [0.5, 0.6) is 5.75 Å². The van der Waals surface area contributed by atoms with Crippen molar-refractivity contribution in [1.29, 1.82) is 0 Å². The molecule has 1 aromatic carbocycles. The topological polar surface area (TPSA) is 110 Å². The maximum Gasteiger partial charge on any atom is 0.144 e. The lowest BCUT2D eigenvalue weighted by atomic mass is 9.62. The highest BCUT2D eigenvalue weighted by Gasteiger charge is 2.52. The van der Waals surface area contributed by atoms with E-state index in [1.807, 2.05) is 19.1 Å². The average Bonchev–Trinajstić information content (AvgIpc) is 3.29. The molecule has 0 amide bonds. The summed E-state index contributed by atoms with van der Waals surface area (Å²) in [5.74, 6) is 2.27. The van der Waals surface area contributed by atoms with E-state index in [2.05, 4.69) is 11.8 Å². The lowest BCUT2D eigenvalue weighted by molar-refractivity contribution is -0.152. The van der Waals surface area contributed by atoms with E-state index < -0.39 is 18.3 Å². The molecule has 3 aliphatic heterocycles. The third-order valence-electron chi connectivity index (χ3n) is 12.2. The predicted molar refractivity (Wildman–Crippen MR) is 171 cm³/mol. The molecular weight excluding hydrogens is 554 g/mol. The summed E-state index contributed by atoms with van der Waals surface area (Å²) < 4.78 is 5.92. The van der Waals surface area contributed by atoms with Crippen LogP contribution in [0, 0.1) is 29.6 Å². The zero-order valence-electron chi connectivity index (χ0n) is 26.9. The maximum atomic E-state index is 14.0. The van der Waals surface area contributed by atoms with Gasteiger partial charge in [-0.1, -0.05) is 52.0 Å². The summed E-state index contributed by atoms with van der Waals surface area (Å²) in [5.41, 5.74) is 5.05. The van der Waals surface area contributed by atoms with Crippen molar-refractivity contribution in [3.8, 4) is 5.75 Å². The van der Waals surface area contributed by atoms with E-state index in [1.165, 1.54) is 37.0 Å². The number of aliphatic hydroxyl groups excluding tert-OH is 3. The lowest BCUT2D eigenvalue weighted by Crippen LogP contribution is -2.57. The molecule has 0 spiro atoms. The standard InChI is InChI=1S/C37H55NO6/c1-3-24-16-23-17-30-33-28(13-14-38(20-23)35(24)30)29-19-26(40)11-12-27(29)34(33)31(41)10-8-6-4-5-7-9-15-44-32-18-25(21-39)22(2)36(42)37(32)43/h11-12,19,22-25,30,32,34-37,39-40,42-43H,3-10,13-18,20-21H2,1-2H3/t22-,23+,24+,25-,30+,32?,34?,35?,36+,37+/m1/s1. The molecule has 4 bridgehead atoms. The minimum absolute atomic E-state index is 0.00239. The fourth-order valence-electron chi connectivity index (χ4n) is 9.84. The van der Waals surface area contributed by atoms with E-state index in [0.717, 1.165) is 74.5 Å². The van der Waals surface area contributed by atoms with E-state index in [9.17, 15) is 25.2 Å². The van der Waals surface area contributed by atoms with Gasteiger partial charge in [0.1, 0.15) is 17.6 Å². The van der Waals surface area contributed by atoms with Gasteiger partial charge in [-0.2, -0.15) is 0 Å². The molecule has 6 aliphatic rings. The van der Waals surface area contributed by atoms with E-state index in [4.69, 9.17) is 4.74 Å². The number of hydrogen-bond acceptors (Lipinski definition) is 7. The Hall–Kier alpha value is -1.77. The zero-order valence-corrected chi connectivity index (χ0v) is 26.9. The number of carbonyl (C=O) groups excluding carboxylic acids is 1. The fourth-order valence-corrected chi connectivity index (χ4v) is 9.84. The van der Waals surface area contributed by atoms with Gasteiger partial charge >= 0.3 is 0 Å². The van der Waals surface area contributed by atoms with Gasteiger partial charge < -0.3 is 25.2 Å². The Morgan fingerprint density at radius 1 is 1.00 bits per heavy atom. The van der Waals surface area contributed by atoms with Crippen LogP contribution in [0.3, 0.4) is 0 Å². The van der Waals surface area contributed by atoms with Crippen LogP contribution in [0.2, 0.25) is 0 Å². The van der Waals surface area contributed by atoms with Crippen molar-refractivity contribution in [2.45, 2.75) is 121 Å². The molecular formula is C37H55NO6. The molecule has 244 valence electrons. The largest absolute Gasteiger partial charge is 0.508 e. The van der Waals surface area contributed by atoms with E-state index in [-0.39, 0.29) is 24.4 Å². The van der Waals surface area contributed by atoms with Crippen LogP contribution in [0.15, 0.2) is 23.8 Å². The van der Waals surface area contributed by atoms with Gasteiger partial charge in [0.2, 0.25) is 0 Å². The summed E-state index contributed by atoms with van der Waals surface area (Å²) in [6.45, 7) is 7.04. The molecule has 7 heteroatoms. The molecule has 1 aromatic rings. The normalized spacial score (nSPS) is 37.5. The molecule has 44 heavy (non-hydrogen) atoms. The van der Waals surface area contributed by atoms with Gasteiger partial charge in [-0.25, -0.2) is 0 Å². The van der Waals surface area contributed by atoms with Gasteiger partial charge in [0.05, 0.1) is 18.1 Å². The first-order valence-corrected chi connectivity index (χ1v) is 17.7. The number of hydrogen-bond donors (Lipinski definition) is 4. The predicted octanol–water partition coefficient (Wildman–Crippen LogP) is 5.44. The van der Waals surface area contributed by atoms with E-state index in [0.29, 0.717) is 42.9 Å². The molecule has 4 N–H and O–H groups in total. The number of ketones is 1. The number of phenols is 1. The molecule has 0 aromatic heterocycles. The molecule has 0 radical (unpaired) electrons. The second-order valence-electron chi connectivity index (χ2n) is 14.8. The van der Waals surface area contributed by atoms with Crippen LogP contribution >= 0.6 is 0 Å². The number of ether oxygens (including phenoxy) is 1. The second kappa shape index (κ2) is 13.9. The van der Waals surface area contributed by atoms with Crippen LogP contribution in [0.25, 0.3) is 5.57 Å². The summed E-state index contributed by atoms with van der Waals surface area (Å²) in [7, 11) is 0. The summed E-state index contributed by atoms with van der Waals surface area (Å²) >= 11 is 0. The molecule has 7 nitrogen and oxygen atoms in total. The Kier molecular flexibility index (Phi) is 10.2. The number of benzene rings is 1. The number of unbranched alkanes of at least 4 members (excludes halogenated alkanes) is 5. The van der Waals surface area contributed by atoms with Gasteiger partial charge in [0.15, 0.2) is 0 Å². The van der Waals surface area contributed by atoms with Crippen LogP contribution in [-0.4, -0.2) is 81.8 Å². The number of fused-ring (bicyclic) bond motifs is 3. The van der Waals surface area contributed by atoms with Gasteiger partial charge in [0, 0.05) is 38.8 Å². The third kappa shape index (κ3) is 6.16. The van der Waals surface area contributed by atoms with E-state index >= 15 is 0 Å². The van der Waals surface area contributed by atoms with Crippen LogP contribution in [-0.2, 0) is 9.53 Å². The summed E-state index contributed by atoms with van der Waals surface area (Å²) in [6, 6.07) is 6.28. The van der Waals surface area contributed by atoms with Crippen molar-refractivity contribution >= 4 is 11.4 Å². The molecule has 3 heterocycles. The van der Waals surface area contributed by atoms with Gasteiger partial charge in [0.25, 0.3) is 0 Å². The third-order valence-corrected chi connectivity index (χ3v) is 12.2. The first kappa shape index (κ1) is 32.2. The Morgan fingerprint density at radius 3 is 2.55 bits per heavy atom. The molecule has 3 aliphatic carbocycles. The number of phenolic OH excluding ortho intramolecular Hbond substituents is 1. The quantitative estimate of drug-likeness (QED) is 0.221. The van der Waals surface area contributed by atoms with Gasteiger partial charge in [-0.3, -0.25) is 9.69 Å². The Balaban J connectivity index is 0.990. The fraction of sp³-hybridized carbons (Fsp3) is 0.757. The molecule has 7 rings (SSSR count). The number of piperidine rings is 2. The highest BCUT2D eigenvalue weighted by Crippen LogP contribution is 2.57. The molecule has 4 unspecified atom stereocenters. The summed E-state index contributed by atoms with van der Waals surface area (Å²) in [4.78, 5) is 16.8. The first-order valence-electron chi connectivity index (χ1n) is 17.7. The number of aliphatic hydroxyl groups is 3. The Morgan fingerprint density at radius 2 is 1.77 bits per heavy atom. The number of carbonyl (C=O) groups is 1. The minimum Gasteiger partial charge on any atom is -0.508 e. The average molecular weight is 610 g/mol. The number of Topliss-reactive ketones (excluding diaryl/α,β-unsaturated/α-hetero) is 1. The smallest absolute Gasteiger partial charge is 0.144 e. The number of aromatic hydroxyl groups is 1. The van der Waals surface area contributed by atoms with Crippen molar-refractivity contribution in [2.75, 3.05) is 26.3 Å². The van der Waals surface area contributed by atoms with Gasteiger partial charge in [-0.05, 0) is 103 Å². The number of nitrogens with zero attached hydrogens (tertiary/aromatic N) is 1. The van der Waals surface area contributed by atoms with Crippen molar-refractivity contribution < 1.29 is 30.0 Å². The minimum atomic E-state index is -0.895. The molecule has 11 atom stereocenters. The first-order chi connectivity index (χ1) is 21.3. The van der Waals surface area contributed by atoms with Crippen molar-refractivity contribution in [3.05, 3.63) is 34.9 Å². The molecule has 2 saturated heterocycles.